The molecule has 1 N–H and O–H groups in total. The maximum absolute atomic E-state index is 14.0. The standard InChI is InChI=1S/C34H44O14/c1-16(35)45-26-27(46-17(2)36)29(47-18(3)37)31(48-28(26)30(41)43-6)44-15-24(40)34(42)12-10-22-21-8-7-19-13-20(38)9-11-32(19,4)25(21)23(39)14-33(22,34)5/h13,21-22,25-29,31,42H,7-12,14-15H2,1-6H3/t21-,22-,25+,26-,27-,28-,29+,31+,32-,33-,34-/m0/s1. The zero-order valence-electron chi connectivity index (χ0n) is 28.1. The SMILES string of the molecule is COC(=O)[C@H]1O[C@@H](OCC(=O)[C@@]2(O)CC[C@H]3[C@@H]4CCC5=CC(=O)CC[C@]5(C)[C@H]4C(=O)C[C@@]32C)[C@H](OC(C)=O)[C@@H](OC(C)=O)[C@@H]1OC(C)=O. The van der Waals surface area contributed by atoms with E-state index in [1.54, 1.807) is 13.0 Å². The smallest absolute Gasteiger partial charge is 0.339 e. The molecule has 3 saturated carbocycles. The third-order valence-electron chi connectivity index (χ3n) is 11.5. The maximum atomic E-state index is 14.0. The monoisotopic (exact) mass is 676 g/mol. The first-order valence-electron chi connectivity index (χ1n) is 16.4. The van der Waals surface area contributed by atoms with Crippen LogP contribution < -0.4 is 0 Å². The average Bonchev–Trinajstić information content (AvgIpc) is 3.27. The molecule has 5 aliphatic rings. The van der Waals surface area contributed by atoms with Crippen LogP contribution in [0, 0.1) is 28.6 Å². The lowest BCUT2D eigenvalue weighted by Gasteiger charge is -2.57. The lowest BCUT2D eigenvalue weighted by Crippen LogP contribution is -2.64. The third-order valence-corrected chi connectivity index (χ3v) is 11.5. The number of fused-ring (bicyclic) bond motifs is 5. The summed E-state index contributed by atoms with van der Waals surface area (Å²) in [6.07, 6.45) is -3.64. The summed E-state index contributed by atoms with van der Waals surface area (Å²) in [6, 6.07) is 0. The van der Waals surface area contributed by atoms with Crippen LogP contribution in [0.1, 0.15) is 79.6 Å². The first-order valence-corrected chi connectivity index (χ1v) is 16.4. The van der Waals surface area contributed by atoms with E-state index in [9.17, 15) is 38.7 Å². The molecule has 0 aromatic carbocycles. The number of hydrogen-bond acceptors (Lipinski definition) is 14. The lowest BCUT2D eigenvalue weighted by atomic mass is 9.46. The molecule has 4 fully saturated rings. The summed E-state index contributed by atoms with van der Waals surface area (Å²) in [7, 11) is 1.05. The van der Waals surface area contributed by atoms with Crippen LogP contribution in [0.15, 0.2) is 11.6 Å². The minimum atomic E-state index is -1.96. The van der Waals surface area contributed by atoms with Crippen molar-refractivity contribution >= 4 is 41.2 Å². The Labute approximate surface area is 278 Å². The molecule has 1 aliphatic heterocycles. The zero-order valence-corrected chi connectivity index (χ0v) is 28.1. The summed E-state index contributed by atoms with van der Waals surface area (Å²) in [5.41, 5.74) is -2.49. The van der Waals surface area contributed by atoms with Gasteiger partial charge in [0.25, 0.3) is 0 Å². The number of aliphatic hydroxyl groups is 1. The third kappa shape index (κ3) is 6.00. The Balaban J connectivity index is 1.39. The van der Waals surface area contributed by atoms with Crippen LogP contribution in [-0.2, 0) is 62.0 Å². The van der Waals surface area contributed by atoms with Gasteiger partial charge in [0.05, 0.1) is 7.11 Å². The van der Waals surface area contributed by atoms with Gasteiger partial charge in [0.2, 0.25) is 0 Å². The second-order valence-corrected chi connectivity index (χ2v) is 14.2. The predicted octanol–water partition coefficient (Wildman–Crippen LogP) is 1.71. The van der Waals surface area contributed by atoms with Crippen LogP contribution in [0.4, 0.5) is 0 Å². The number of ether oxygens (including phenoxy) is 6. The van der Waals surface area contributed by atoms with Gasteiger partial charge in [-0.2, -0.15) is 0 Å². The van der Waals surface area contributed by atoms with Crippen molar-refractivity contribution < 1.29 is 67.1 Å². The molecule has 0 unspecified atom stereocenters. The van der Waals surface area contributed by atoms with Gasteiger partial charge in [0.15, 0.2) is 42.3 Å². The number of esters is 4. The van der Waals surface area contributed by atoms with E-state index in [2.05, 4.69) is 6.92 Å². The highest BCUT2D eigenvalue weighted by Gasteiger charge is 2.68. The fourth-order valence-electron chi connectivity index (χ4n) is 9.34. The number of rotatable bonds is 8. The van der Waals surface area contributed by atoms with Gasteiger partial charge in [0.1, 0.15) is 18.0 Å². The molecule has 0 bridgehead atoms. The van der Waals surface area contributed by atoms with Gasteiger partial charge >= 0.3 is 23.9 Å². The number of Topliss-reactive ketones (excluding diaryl/α,β-unsaturated/α-hetero) is 2. The highest BCUT2D eigenvalue weighted by Crippen LogP contribution is 2.66. The fourth-order valence-corrected chi connectivity index (χ4v) is 9.34. The van der Waals surface area contributed by atoms with Crippen LogP contribution in [0.2, 0.25) is 0 Å². The van der Waals surface area contributed by atoms with Crippen molar-refractivity contribution in [2.24, 2.45) is 28.6 Å². The van der Waals surface area contributed by atoms with Gasteiger partial charge < -0.3 is 33.5 Å². The van der Waals surface area contributed by atoms with Crippen molar-refractivity contribution in [1.29, 1.82) is 0 Å². The van der Waals surface area contributed by atoms with Crippen LogP contribution in [0.5, 0.6) is 0 Å². The van der Waals surface area contributed by atoms with Crippen molar-refractivity contribution in [3.8, 4) is 0 Å². The van der Waals surface area contributed by atoms with Crippen molar-refractivity contribution in [2.45, 2.75) is 116 Å². The quantitative estimate of drug-likeness (QED) is 0.288. The second kappa shape index (κ2) is 13.1. The summed E-state index contributed by atoms with van der Waals surface area (Å²) in [6.45, 7) is 6.21. The number of allylic oxidation sites excluding steroid dienone is 1. The molecular weight excluding hydrogens is 632 g/mol. The van der Waals surface area contributed by atoms with E-state index in [1.165, 1.54) is 0 Å². The lowest BCUT2D eigenvalue weighted by molar-refractivity contribution is -0.300. The molecule has 0 amide bonds. The number of carbonyl (C=O) groups excluding carboxylic acids is 7. The van der Waals surface area contributed by atoms with E-state index < -0.39 is 83.4 Å². The van der Waals surface area contributed by atoms with Crippen LogP contribution in [0.25, 0.3) is 0 Å². The van der Waals surface area contributed by atoms with Crippen molar-refractivity contribution in [3.63, 3.8) is 0 Å². The van der Waals surface area contributed by atoms with E-state index >= 15 is 0 Å². The Morgan fingerprint density at radius 3 is 2.15 bits per heavy atom. The number of hydrogen-bond donors (Lipinski definition) is 1. The second-order valence-electron chi connectivity index (χ2n) is 14.2. The average molecular weight is 677 g/mol. The first-order chi connectivity index (χ1) is 22.5. The molecule has 1 heterocycles. The molecule has 1 saturated heterocycles. The fraction of sp³-hybridized carbons (Fsp3) is 0.735. The molecule has 5 rings (SSSR count). The summed E-state index contributed by atoms with van der Waals surface area (Å²) < 4.78 is 32.3. The number of carbonyl (C=O) groups is 7. The highest BCUT2D eigenvalue weighted by molar-refractivity contribution is 5.94. The van der Waals surface area contributed by atoms with Crippen LogP contribution in [0.3, 0.4) is 0 Å². The molecule has 14 heteroatoms. The zero-order chi connectivity index (χ0) is 35.3. The molecule has 11 atom stereocenters. The van der Waals surface area contributed by atoms with Gasteiger partial charge in [-0.05, 0) is 55.4 Å². The van der Waals surface area contributed by atoms with E-state index in [0.717, 1.165) is 33.5 Å². The van der Waals surface area contributed by atoms with Crippen molar-refractivity contribution in [2.75, 3.05) is 13.7 Å². The molecule has 0 aromatic heterocycles. The Hall–Kier alpha value is -3.49. The predicted molar refractivity (Wildman–Crippen MR) is 160 cm³/mol. The molecule has 14 nitrogen and oxygen atoms in total. The molecule has 264 valence electrons. The van der Waals surface area contributed by atoms with Crippen molar-refractivity contribution in [1.82, 2.24) is 0 Å². The first kappa shape index (κ1) is 35.8. The minimum absolute atomic E-state index is 0.0309. The van der Waals surface area contributed by atoms with Gasteiger partial charge in [-0.3, -0.25) is 28.8 Å². The van der Waals surface area contributed by atoms with Gasteiger partial charge in [-0.1, -0.05) is 19.4 Å². The van der Waals surface area contributed by atoms with E-state index in [1.807, 2.05) is 0 Å². The van der Waals surface area contributed by atoms with Gasteiger partial charge in [-0.25, -0.2) is 4.79 Å². The maximum Gasteiger partial charge on any atom is 0.339 e. The number of methoxy groups -OCH3 is 1. The summed E-state index contributed by atoms with van der Waals surface area (Å²) in [5.74, 6) is -4.85. The molecule has 0 radical (unpaired) electrons. The molecular formula is C34H44O14. The Morgan fingerprint density at radius 2 is 1.52 bits per heavy atom. The molecule has 4 aliphatic carbocycles. The highest BCUT2D eigenvalue weighted by atomic mass is 16.7. The van der Waals surface area contributed by atoms with E-state index in [-0.39, 0.29) is 42.2 Å². The van der Waals surface area contributed by atoms with Crippen LogP contribution >= 0.6 is 0 Å². The normalized spacial score (nSPS) is 40.4. The molecule has 0 aromatic rings. The van der Waals surface area contributed by atoms with Crippen LogP contribution in [-0.4, -0.2) is 96.4 Å². The molecule has 48 heavy (non-hydrogen) atoms. The molecule has 0 spiro atoms. The van der Waals surface area contributed by atoms with E-state index in [0.29, 0.717) is 32.1 Å². The van der Waals surface area contributed by atoms with E-state index in [4.69, 9.17) is 28.4 Å². The Bertz CT molecular complexity index is 1430. The summed E-state index contributed by atoms with van der Waals surface area (Å²) >= 11 is 0. The topological polar surface area (TPSA) is 195 Å². The number of ketones is 3. The van der Waals surface area contributed by atoms with Crippen molar-refractivity contribution in [3.05, 3.63) is 11.6 Å². The minimum Gasteiger partial charge on any atom is -0.467 e. The summed E-state index contributed by atoms with van der Waals surface area (Å²) in [5, 5.41) is 12.1. The Kier molecular flexibility index (Phi) is 9.76. The Morgan fingerprint density at radius 1 is 0.896 bits per heavy atom. The van der Waals surface area contributed by atoms with Gasteiger partial charge in [0, 0.05) is 44.9 Å². The summed E-state index contributed by atoms with van der Waals surface area (Å²) in [4.78, 5) is 89.1. The van der Waals surface area contributed by atoms with Gasteiger partial charge in [-0.15, -0.1) is 0 Å². The largest absolute Gasteiger partial charge is 0.467 e.